The Hall–Kier alpha value is -0.560. The molecule has 4 nitrogen and oxygen atoms in total. The second kappa shape index (κ2) is 5.35. The van der Waals surface area contributed by atoms with Crippen molar-refractivity contribution in [1.29, 1.82) is 0 Å². The Morgan fingerprint density at radius 3 is 3.00 bits per heavy atom. The van der Waals surface area contributed by atoms with Gasteiger partial charge in [-0.1, -0.05) is 6.92 Å². The van der Waals surface area contributed by atoms with Gasteiger partial charge in [-0.25, -0.2) is 0 Å². The van der Waals surface area contributed by atoms with Gasteiger partial charge in [0.25, 0.3) is 5.91 Å². The van der Waals surface area contributed by atoms with E-state index in [-0.39, 0.29) is 5.91 Å². The van der Waals surface area contributed by atoms with Crippen LogP contribution in [0.15, 0.2) is 12.3 Å². The maximum Gasteiger partial charge on any atom is 0.267 e. The van der Waals surface area contributed by atoms with E-state index < -0.39 is 0 Å². The number of nitrogens with two attached hydrogens (primary N) is 1. The van der Waals surface area contributed by atoms with Gasteiger partial charge in [-0.3, -0.25) is 4.79 Å². The lowest BCUT2D eigenvalue weighted by molar-refractivity contribution is 0.0944. The highest BCUT2D eigenvalue weighted by atomic mass is 127. The second-order valence-corrected chi connectivity index (χ2v) is 4.53. The Morgan fingerprint density at radius 1 is 1.79 bits per heavy atom. The fraction of sp³-hybridized carbons (Fsp3) is 0.444. The summed E-state index contributed by atoms with van der Waals surface area (Å²) in [6, 6.07) is 1.81. The van der Waals surface area contributed by atoms with E-state index in [1.54, 1.807) is 6.20 Å². The zero-order valence-electron chi connectivity index (χ0n) is 8.01. The number of amides is 1. The molecule has 0 aliphatic carbocycles. The number of aromatic nitrogens is 1. The van der Waals surface area contributed by atoms with Crippen molar-refractivity contribution in [3.05, 3.63) is 21.5 Å². The number of H-pyrrole nitrogens is 1. The standard InChI is InChI=1S/C9H14IN3O/c1-6(3-11)4-13-9(14)8-2-7(10)5-12-8/h2,5-6,12H,3-4,11H2,1H3,(H,13,14). The molecular weight excluding hydrogens is 293 g/mol. The van der Waals surface area contributed by atoms with Gasteiger partial charge in [0.05, 0.1) is 0 Å². The topological polar surface area (TPSA) is 70.9 Å². The molecule has 0 spiro atoms. The van der Waals surface area contributed by atoms with Crippen LogP contribution < -0.4 is 11.1 Å². The number of hydrogen-bond acceptors (Lipinski definition) is 2. The van der Waals surface area contributed by atoms with E-state index in [9.17, 15) is 4.79 Å². The minimum atomic E-state index is -0.0757. The first-order chi connectivity index (χ1) is 6.63. The van der Waals surface area contributed by atoms with Gasteiger partial charge in [0.2, 0.25) is 0 Å². The first-order valence-electron chi connectivity index (χ1n) is 4.45. The highest BCUT2D eigenvalue weighted by Gasteiger charge is 2.08. The van der Waals surface area contributed by atoms with E-state index in [1.807, 2.05) is 13.0 Å². The van der Waals surface area contributed by atoms with Crippen LogP contribution in [0.4, 0.5) is 0 Å². The average Bonchev–Trinajstić information content (AvgIpc) is 2.60. The summed E-state index contributed by atoms with van der Waals surface area (Å²) in [6.45, 7) is 3.20. The molecular formula is C9H14IN3O. The van der Waals surface area contributed by atoms with Crippen molar-refractivity contribution in [3.63, 3.8) is 0 Å². The Balaban J connectivity index is 2.43. The third-order valence-electron chi connectivity index (χ3n) is 1.91. The molecule has 4 N–H and O–H groups in total. The highest BCUT2D eigenvalue weighted by Crippen LogP contribution is 2.05. The van der Waals surface area contributed by atoms with Crippen LogP contribution in [0.25, 0.3) is 0 Å². The first kappa shape index (κ1) is 11.5. The molecule has 1 aromatic rings. The van der Waals surface area contributed by atoms with E-state index in [2.05, 4.69) is 32.9 Å². The fourth-order valence-corrected chi connectivity index (χ4v) is 1.41. The van der Waals surface area contributed by atoms with E-state index in [0.29, 0.717) is 24.7 Å². The smallest absolute Gasteiger partial charge is 0.267 e. The molecule has 1 aromatic heterocycles. The first-order valence-corrected chi connectivity index (χ1v) is 5.53. The zero-order chi connectivity index (χ0) is 10.6. The third-order valence-corrected chi connectivity index (χ3v) is 2.53. The van der Waals surface area contributed by atoms with Crippen molar-refractivity contribution < 1.29 is 4.79 Å². The van der Waals surface area contributed by atoms with Gasteiger partial charge in [-0.05, 0) is 41.1 Å². The van der Waals surface area contributed by atoms with Gasteiger partial charge in [0, 0.05) is 16.3 Å². The molecule has 1 heterocycles. The number of carbonyl (C=O) groups is 1. The molecule has 0 saturated heterocycles. The summed E-state index contributed by atoms with van der Waals surface area (Å²) in [5, 5.41) is 2.81. The van der Waals surface area contributed by atoms with Gasteiger partial charge in [-0.15, -0.1) is 0 Å². The summed E-state index contributed by atoms with van der Waals surface area (Å²) in [6.07, 6.45) is 1.79. The Bertz CT molecular complexity index is 311. The normalized spacial score (nSPS) is 12.5. The van der Waals surface area contributed by atoms with E-state index >= 15 is 0 Å². The van der Waals surface area contributed by atoms with Crippen LogP contribution in [0, 0.1) is 9.49 Å². The fourth-order valence-electron chi connectivity index (χ4n) is 0.944. The lowest BCUT2D eigenvalue weighted by Crippen LogP contribution is -2.31. The molecule has 1 amide bonds. The van der Waals surface area contributed by atoms with Crippen molar-refractivity contribution in [3.8, 4) is 0 Å². The second-order valence-electron chi connectivity index (χ2n) is 3.28. The lowest BCUT2D eigenvalue weighted by Gasteiger charge is -2.08. The molecule has 14 heavy (non-hydrogen) atoms. The van der Waals surface area contributed by atoms with E-state index in [4.69, 9.17) is 5.73 Å². The quantitative estimate of drug-likeness (QED) is 0.725. The summed E-state index contributed by atoms with van der Waals surface area (Å²) in [5.41, 5.74) is 6.04. The number of aromatic amines is 1. The van der Waals surface area contributed by atoms with Crippen molar-refractivity contribution in [2.75, 3.05) is 13.1 Å². The summed E-state index contributed by atoms with van der Waals surface area (Å²) in [4.78, 5) is 14.4. The average molecular weight is 307 g/mol. The number of nitrogens with one attached hydrogen (secondary N) is 2. The lowest BCUT2D eigenvalue weighted by atomic mass is 10.2. The van der Waals surface area contributed by atoms with E-state index in [0.717, 1.165) is 3.57 Å². The van der Waals surface area contributed by atoms with E-state index in [1.165, 1.54) is 0 Å². The molecule has 5 heteroatoms. The van der Waals surface area contributed by atoms with Gasteiger partial charge in [0.15, 0.2) is 0 Å². The maximum absolute atomic E-state index is 11.5. The minimum Gasteiger partial charge on any atom is -0.356 e. The third kappa shape index (κ3) is 3.30. The van der Waals surface area contributed by atoms with Crippen molar-refractivity contribution >= 4 is 28.5 Å². The van der Waals surface area contributed by atoms with Crippen molar-refractivity contribution in [1.82, 2.24) is 10.3 Å². The Morgan fingerprint density at radius 2 is 2.50 bits per heavy atom. The highest BCUT2D eigenvalue weighted by molar-refractivity contribution is 14.1. The van der Waals surface area contributed by atoms with Crippen molar-refractivity contribution in [2.24, 2.45) is 11.7 Å². The molecule has 1 rings (SSSR count). The SMILES string of the molecule is CC(CN)CNC(=O)c1cc(I)c[nH]1. The molecule has 0 bridgehead atoms. The number of carbonyl (C=O) groups excluding carboxylic acids is 1. The molecule has 78 valence electrons. The molecule has 0 aromatic carbocycles. The molecule has 1 atom stereocenters. The van der Waals surface area contributed by atoms with Crippen LogP contribution >= 0.6 is 22.6 Å². The zero-order valence-corrected chi connectivity index (χ0v) is 10.2. The van der Waals surface area contributed by atoms with Crippen molar-refractivity contribution in [2.45, 2.75) is 6.92 Å². The van der Waals surface area contributed by atoms with Crippen LogP contribution in [0.5, 0.6) is 0 Å². The van der Waals surface area contributed by atoms with Crippen LogP contribution in [0.2, 0.25) is 0 Å². The van der Waals surface area contributed by atoms with Gasteiger partial charge in [0.1, 0.15) is 5.69 Å². The van der Waals surface area contributed by atoms with Crippen LogP contribution in [0.1, 0.15) is 17.4 Å². The maximum atomic E-state index is 11.5. The Labute approximate surface area is 96.8 Å². The molecule has 1 unspecified atom stereocenters. The van der Waals surface area contributed by atoms with Crippen LogP contribution in [-0.4, -0.2) is 24.0 Å². The van der Waals surface area contributed by atoms with Gasteiger partial charge < -0.3 is 16.0 Å². The summed E-state index contributed by atoms with van der Waals surface area (Å²) >= 11 is 2.15. The largest absolute Gasteiger partial charge is 0.356 e. The Kier molecular flexibility index (Phi) is 4.40. The predicted octanol–water partition coefficient (Wildman–Crippen LogP) is 0.944. The molecule has 0 aliphatic heterocycles. The number of hydrogen-bond donors (Lipinski definition) is 3. The molecule has 0 fully saturated rings. The van der Waals surface area contributed by atoms with Crippen LogP contribution in [-0.2, 0) is 0 Å². The summed E-state index contributed by atoms with van der Waals surface area (Å²) in [7, 11) is 0. The monoisotopic (exact) mass is 307 g/mol. The molecule has 0 aliphatic rings. The minimum absolute atomic E-state index is 0.0757. The van der Waals surface area contributed by atoms with Gasteiger partial charge >= 0.3 is 0 Å². The molecule has 0 radical (unpaired) electrons. The predicted molar refractivity (Wildman–Crippen MR) is 64.1 cm³/mol. The summed E-state index contributed by atoms with van der Waals surface area (Å²) in [5.74, 6) is 0.237. The van der Waals surface area contributed by atoms with Crippen LogP contribution in [0.3, 0.4) is 0 Å². The molecule has 0 saturated carbocycles. The van der Waals surface area contributed by atoms with Gasteiger partial charge in [-0.2, -0.15) is 0 Å². The number of rotatable bonds is 4. The summed E-state index contributed by atoms with van der Waals surface area (Å²) < 4.78 is 1.03. The number of halogens is 1.